The maximum atomic E-state index is 12.3. The van der Waals surface area contributed by atoms with Gasteiger partial charge in [0.25, 0.3) is 19.2 Å². The van der Waals surface area contributed by atoms with Crippen molar-refractivity contribution >= 4 is 40.8 Å². The van der Waals surface area contributed by atoms with E-state index < -0.39 is 29.0 Å². The summed E-state index contributed by atoms with van der Waals surface area (Å²) >= 11 is 0. The number of rotatable bonds is 5. The highest BCUT2D eigenvalue weighted by Crippen LogP contribution is 2.42. The summed E-state index contributed by atoms with van der Waals surface area (Å²) in [7, 11) is -3.59. The van der Waals surface area contributed by atoms with Gasteiger partial charge in [-0.1, -0.05) is 18.2 Å². The lowest BCUT2D eigenvalue weighted by Crippen LogP contribution is -2.29. The Morgan fingerprint density at radius 2 is 1.59 bits per heavy atom. The van der Waals surface area contributed by atoms with E-state index in [0.717, 1.165) is 30.1 Å². The Morgan fingerprint density at radius 3 is 2.21 bits per heavy atom. The quantitative estimate of drug-likeness (QED) is 0.180. The molecule has 7 nitrogen and oxygen atoms in total. The predicted molar refractivity (Wildman–Crippen MR) is 132 cm³/mol. The SMILES string of the molecule is CC[N+](CC)=c1ccc2c(-c3ccc(S(=O)(=O)Cl)cc3S(=O)(=O)O)c3ccc(C)cc3oc-2c1. The molecule has 0 saturated carbocycles. The Morgan fingerprint density at radius 1 is 0.912 bits per heavy atom. The van der Waals surface area contributed by atoms with Crippen LogP contribution in [0.3, 0.4) is 0 Å². The number of hydrogen-bond acceptors (Lipinski definition) is 5. The van der Waals surface area contributed by atoms with Gasteiger partial charge in [-0.2, -0.15) is 8.42 Å². The molecule has 1 aliphatic carbocycles. The predicted octanol–water partition coefficient (Wildman–Crippen LogP) is 4.50. The average Bonchev–Trinajstić information content (AvgIpc) is 2.76. The number of aryl methyl sites for hydroxylation is 1. The van der Waals surface area contributed by atoms with Crippen molar-refractivity contribution in [2.45, 2.75) is 30.6 Å². The number of nitrogens with zero attached hydrogens (tertiary/aromatic N) is 1. The third-order valence-electron chi connectivity index (χ3n) is 5.77. The third-order valence-corrected chi connectivity index (χ3v) is 8.02. The van der Waals surface area contributed by atoms with Crippen LogP contribution in [0.1, 0.15) is 19.4 Å². The summed E-state index contributed by atoms with van der Waals surface area (Å²) < 4.78 is 66.7. The van der Waals surface area contributed by atoms with Gasteiger partial charge in [-0.15, -0.1) is 0 Å². The van der Waals surface area contributed by atoms with Crippen LogP contribution in [0.5, 0.6) is 0 Å². The van der Waals surface area contributed by atoms with E-state index in [0.29, 0.717) is 27.9 Å². The Labute approximate surface area is 202 Å². The zero-order chi connectivity index (χ0) is 24.8. The summed E-state index contributed by atoms with van der Waals surface area (Å²) in [5.41, 5.74) is 2.71. The van der Waals surface area contributed by atoms with Crippen LogP contribution >= 0.6 is 10.7 Å². The van der Waals surface area contributed by atoms with Gasteiger partial charge in [0, 0.05) is 38.8 Å². The molecule has 2 aromatic rings. The molecule has 0 bridgehead atoms. The molecule has 0 atom stereocenters. The summed E-state index contributed by atoms with van der Waals surface area (Å²) in [5, 5.41) is 1.55. The van der Waals surface area contributed by atoms with Gasteiger partial charge in [0.15, 0.2) is 0 Å². The molecule has 0 spiro atoms. The summed E-state index contributed by atoms with van der Waals surface area (Å²) in [6.07, 6.45) is 0. The molecule has 1 heterocycles. The van der Waals surface area contributed by atoms with Crippen LogP contribution in [0.4, 0.5) is 0 Å². The second-order valence-corrected chi connectivity index (χ2v) is 11.9. The van der Waals surface area contributed by atoms with Gasteiger partial charge in [0.2, 0.25) is 5.36 Å². The van der Waals surface area contributed by atoms with E-state index >= 15 is 0 Å². The first-order valence-electron chi connectivity index (χ1n) is 10.6. The van der Waals surface area contributed by atoms with Crippen LogP contribution in [0.15, 0.2) is 68.8 Å². The van der Waals surface area contributed by atoms with Crippen LogP contribution in [-0.4, -0.2) is 34.5 Å². The molecule has 0 aromatic heterocycles. The Hall–Kier alpha value is -2.72. The molecule has 0 fully saturated rings. The van der Waals surface area contributed by atoms with Gasteiger partial charge in [-0.05, 0) is 50.6 Å². The maximum Gasteiger partial charge on any atom is 0.295 e. The fourth-order valence-electron chi connectivity index (χ4n) is 4.14. The van der Waals surface area contributed by atoms with Crippen LogP contribution < -0.4 is 9.93 Å². The minimum absolute atomic E-state index is 0.136. The van der Waals surface area contributed by atoms with E-state index in [4.69, 9.17) is 15.1 Å². The highest BCUT2D eigenvalue weighted by atomic mass is 35.7. The minimum atomic E-state index is -4.80. The Kier molecular flexibility index (Phi) is 6.32. The van der Waals surface area contributed by atoms with E-state index in [9.17, 15) is 21.4 Å². The topological polar surface area (TPSA) is 105 Å². The van der Waals surface area contributed by atoms with Crippen molar-refractivity contribution in [3.63, 3.8) is 0 Å². The first-order valence-corrected chi connectivity index (χ1v) is 14.3. The van der Waals surface area contributed by atoms with Gasteiger partial charge in [-0.25, -0.2) is 13.0 Å². The van der Waals surface area contributed by atoms with E-state index in [1.54, 1.807) is 6.07 Å². The van der Waals surface area contributed by atoms with Gasteiger partial charge in [0.05, 0.1) is 11.0 Å². The van der Waals surface area contributed by atoms with Gasteiger partial charge >= 0.3 is 0 Å². The van der Waals surface area contributed by atoms with Crippen LogP contribution in [0.25, 0.3) is 33.4 Å². The van der Waals surface area contributed by atoms with Crippen molar-refractivity contribution in [3.8, 4) is 22.5 Å². The van der Waals surface area contributed by atoms with E-state index in [-0.39, 0.29) is 5.56 Å². The molecular formula is C24H23ClNO6S2+. The average molecular weight is 521 g/mol. The fourth-order valence-corrected chi connectivity index (χ4v) is 5.71. The molecule has 2 aromatic carbocycles. The van der Waals surface area contributed by atoms with E-state index in [1.807, 2.05) is 51.1 Å². The second kappa shape index (κ2) is 8.81. The first kappa shape index (κ1) is 24.4. The molecule has 10 heteroatoms. The molecule has 178 valence electrons. The molecule has 2 aliphatic rings. The monoisotopic (exact) mass is 520 g/mol. The van der Waals surface area contributed by atoms with E-state index in [2.05, 4.69) is 4.58 Å². The van der Waals surface area contributed by atoms with Crippen molar-refractivity contribution < 1.29 is 25.8 Å². The molecule has 0 saturated heterocycles. The van der Waals surface area contributed by atoms with E-state index in [1.165, 1.54) is 12.1 Å². The zero-order valence-electron chi connectivity index (χ0n) is 18.7. The third kappa shape index (κ3) is 4.48. The van der Waals surface area contributed by atoms with Gasteiger partial charge in [-0.3, -0.25) is 4.55 Å². The molecule has 1 aliphatic heterocycles. The van der Waals surface area contributed by atoms with Crippen LogP contribution in [0, 0.1) is 6.92 Å². The number of fused-ring (bicyclic) bond motifs is 2. The summed E-state index contributed by atoms with van der Waals surface area (Å²) in [5.74, 6) is 0.521. The number of hydrogen-bond donors (Lipinski definition) is 1. The molecule has 4 rings (SSSR count). The molecule has 1 N–H and O–H groups in total. The Balaban J connectivity index is 2.21. The normalized spacial score (nSPS) is 12.4. The summed E-state index contributed by atoms with van der Waals surface area (Å²) in [6, 6.07) is 14.6. The first-order chi connectivity index (χ1) is 15.9. The smallest absolute Gasteiger partial charge is 0.295 e. The van der Waals surface area contributed by atoms with Gasteiger partial charge in [0.1, 0.15) is 29.3 Å². The zero-order valence-corrected chi connectivity index (χ0v) is 21.1. The highest BCUT2D eigenvalue weighted by Gasteiger charge is 2.26. The fraction of sp³-hybridized carbons (Fsp3) is 0.208. The lowest BCUT2D eigenvalue weighted by Gasteiger charge is -2.17. The van der Waals surface area contributed by atoms with Crippen LogP contribution in [0.2, 0.25) is 0 Å². The molecular weight excluding hydrogens is 498 g/mol. The lowest BCUT2D eigenvalue weighted by atomic mass is 9.93. The van der Waals surface area contributed by atoms with Gasteiger partial charge < -0.3 is 4.42 Å². The number of halogens is 1. The highest BCUT2D eigenvalue weighted by molar-refractivity contribution is 8.13. The molecule has 0 radical (unpaired) electrons. The molecule has 0 unspecified atom stereocenters. The van der Waals surface area contributed by atoms with Crippen molar-refractivity contribution in [1.29, 1.82) is 0 Å². The minimum Gasteiger partial charge on any atom is -0.456 e. The molecule has 34 heavy (non-hydrogen) atoms. The maximum absolute atomic E-state index is 12.3. The standard InChI is InChI=1S/C24H22ClNO6S2/c1-4-26(5-2)16-7-10-19-22(13-16)32-21-12-15(3)6-9-18(21)24(19)20-11-8-17(33(25,27)28)14-23(20)34(29,30)31/h6-14H,4-5H2,1-3H3/p+1. The van der Waals surface area contributed by atoms with Crippen LogP contribution in [-0.2, 0) is 19.2 Å². The number of benzene rings is 3. The lowest BCUT2D eigenvalue weighted by molar-refractivity contribution is 0.483. The largest absolute Gasteiger partial charge is 0.456 e. The van der Waals surface area contributed by atoms with Crippen molar-refractivity contribution in [2.75, 3.05) is 13.1 Å². The van der Waals surface area contributed by atoms with Crippen molar-refractivity contribution in [2.24, 2.45) is 0 Å². The second-order valence-electron chi connectivity index (χ2n) is 7.90. The van der Waals surface area contributed by atoms with Crippen molar-refractivity contribution in [3.05, 3.63) is 65.5 Å². The summed E-state index contributed by atoms with van der Waals surface area (Å²) in [4.78, 5) is -0.990. The summed E-state index contributed by atoms with van der Waals surface area (Å²) in [6.45, 7) is 7.59. The Bertz CT molecular complexity index is 1680. The van der Waals surface area contributed by atoms with Crippen molar-refractivity contribution in [1.82, 2.24) is 4.58 Å². The molecule has 0 amide bonds.